The molecule has 1 atom stereocenters. The van der Waals surface area contributed by atoms with Gasteiger partial charge in [0.1, 0.15) is 0 Å². The maximum atomic E-state index is 10.7. The van der Waals surface area contributed by atoms with Gasteiger partial charge in [-0.1, -0.05) is 0 Å². The number of nitrogens with two attached hydrogens (primary N) is 1. The summed E-state index contributed by atoms with van der Waals surface area (Å²) in [6.07, 6.45) is 1.10. The molecular formula is C15H24N2O4. The highest BCUT2D eigenvalue weighted by atomic mass is 16.5. The molecule has 0 saturated heterocycles. The van der Waals surface area contributed by atoms with Crippen molar-refractivity contribution in [1.29, 1.82) is 0 Å². The monoisotopic (exact) mass is 296 g/mol. The van der Waals surface area contributed by atoms with Gasteiger partial charge in [-0.25, -0.2) is 0 Å². The molecule has 0 spiro atoms. The van der Waals surface area contributed by atoms with Crippen LogP contribution in [-0.4, -0.2) is 33.8 Å². The second kappa shape index (κ2) is 8.36. The van der Waals surface area contributed by atoms with E-state index in [2.05, 4.69) is 5.32 Å². The Morgan fingerprint density at radius 2 is 1.76 bits per heavy atom. The third-order valence-corrected chi connectivity index (χ3v) is 3.24. The number of nitrogens with one attached hydrogen (secondary N) is 1. The van der Waals surface area contributed by atoms with E-state index >= 15 is 0 Å². The lowest BCUT2D eigenvalue weighted by Gasteiger charge is -2.18. The molecule has 0 radical (unpaired) electrons. The maximum Gasteiger partial charge on any atom is 0.217 e. The Morgan fingerprint density at radius 3 is 2.19 bits per heavy atom. The molecule has 1 aromatic carbocycles. The summed E-state index contributed by atoms with van der Waals surface area (Å²) < 4.78 is 16.0. The van der Waals surface area contributed by atoms with Crippen molar-refractivity contribution < 1.29 is 19.0 Å². The lowest BCUT2D eigenvalue weighted by Crippen LogP contribution is -2.21. The number of primary amides is 1. The van der Waals surface area contributed by atoms with E-state index in [-0.39, 0.29) is 11.9 Å². The van der Waals surface area contributed by atoms with Crippen LogP contribution < -0.4 is 25.3 Å². The lowest BCUT2D eigenvalue weighted by molar-refractivity contribution is -0.118. The summed E-state index contributed by atoms with van der Waals surface area (Å²) in [6.45, 7) is 2.74. The number of hydrogen-bond donors (Lipinski definition) is 2. The quantitative estimate of drug-likeness (QED) is 0.677. The number of methoxy groups -OCH3 is 3. The van der Waals surface area contributed by atoms with Gasteiger partial charge in [0.25, 0.3) is 0 Å². The minimum atomic E-state index is -0.280. The molecule has 0 saturated carbocycles. The van der Waals surface area contributed by atoms with Crippen LogP contribution in [0.2, 0.25) is 0 Å². The summed E-state index contributed by atoms with van der Waals surface area (Å²) >= 11 is 0. The average molecular weight is 296 g/mol. The van der Waals surface area contributed by atoms with Gasteiger partial charge in [-0.2, -0.15) is 0 Å². The summed E-state index contributed by atoms with van der Waals surface area (Å²) in [5.41, 5.74) is 6.13. The molecule has 0 aliphatic heterocycles. The molecule has 1 unspecified atom stereocenters. The Kier molecular flexibility index (Phi) is 6.81. The first kappa shape index (κ1) is 17.1. The number of ether oxygens (including phenoxy) is 3. The van der Waals surface area contributed by atoms with Gasteiger partial charge in [0.15, 0.2) is 11.5 Å². The van der Waals surface area contributed by atoms with Crippen LogP contribution in [0.4, 0.5) is 0 Å². The summed E-state index contributed by atoms with van der Waals surface area (Å²) in [4.78, 5) is 10.7. The molecule has 6 heteroatoms. The largest absolute Gasteiger partial charge is 0.493 e. The standard InChI is InChI=1S/C15H24N2O4/c1-10(17-7-5-6-14(16)18)11-8-12(19-2)15(21-4)13(9-11)20-3/h8-10,17H,5-7H2,1-4H3,(H2,16,18). The first-order valence-corrected chi connectivity index (χ1v) is 6.85. The summed E-state index contributed by atoms with van der Waals surface area (Å²) in [5, 5.41) is 3.33. The summed E-state index contributed by atoms with van der Waals surface area (Å²) in [5.74, 6) is 1.54. The third kappa shape index (κ3) is 4.82. The van der Waals surface area contributed by atoms with Crippen LogP contribution in [0.5, 0.6) is 17.2 Å². The molecular weight excluding hydrogens is 272 g/mol. The minimum Gasteiger partial charge on any atom is -0.493 e. The Hall–Kier alpha value is -1.95. The van der Waals surface area contributed by atoms with Crippen LogP contribution in [0, 0.1) is 0 Å². The molecule has 1 rings (SSSR count). The highest BCUT2D eigenvalue weighted by molar-refractivity contribution is 5.73. The Morgan fingerprint density at radius 1 is 1.19 bits per heavy atom. The van der Waals surface area contributed by atoms with Gasteiger partial charge in [0, 0.05) is 12.5 Å². The molecule has 1 aromatic rings. The number of amides is 1. The number of hydrogen-bond acceptors (Lipinski definition) is 5. The predicted molar refractivity (Wildman–Crippen MR) is 80.9 cm³/mol. The van der Waals surface area contributed by atoms with Crippen LogP contribution in [-0.2, 0) is 4.79 Å². The molecule has 21 heavy (non-hydrogen) atoms. The third-order valence-electron chi connectivity index (χ3n) is 3.24. The fourth-order valence-corrected chi connectivity index (χ4v) is 2.05. The molecule has 1 amide bonds. The van der Waals surface area contributed by atoms with E-state index in [0.717, 1.165) is 5.56 Å². The zero-order chi connectivity index (χ0) is 15.8. The van der Waals surface area contributed by atoms with Crippen molar-refractivity contribution in [3.05, 3.63) is 17.7 Å². The van der Waals surface area contributed by atoms with E-state index in [1.54, 1.807) is 21.3 Å². The van der Waals surface area contributed by atoms with Gasteiger partial charge >= 0.3 is 0 Å². The highest BCUT2D eigenvalue weighted by Crippen LogP contribution is 2.39. The van der Waals surface area contributed by atoms with E-state index in [0.29, 0.717) is 36.6 Å². The topological polar surface area (TPSA) is 82.8 Å². The molecule has 0 aliphatic rings. The van der Waals surface area contributed by atoms with Gasteiger partial charge in [0.2, 0.25) is 11.7 Å². The molecule has 3 N–H and O–H groups in total. The number of benzene rings is 1. The van der Waals surface area contributed by atoms with Crippen molar-refractivity contribution in [1.82, 2.24) is 5.32 Å². The van der Waals surface area contributed by atoms with Crippen molar-refractivity contribution in [3.8, 4) is 17.2 Å². The van der Waals surface area contributed by atoms with Crippen LogP contribution in [0.15, 0.2) is 12.1 Å². The van der Waals surface area contributed by atoms with Crippen molar-refractivity contribution in [3.63, 3.8) is 0 Å². The van der Waals surface area contributed by atoms with Crippen LogP contribution in [0.1, 0.15) is 31.4 Å². The molecule has 0 fully saturated rings. The van der Waals surface area contributed by atoms with Gasteiger partial charge < -0.3 is 25.3 Å². The van der Waals surface area contributed by atoms with E-state index in [9.17, 15) is 4.79 Å². The number of rotatable bonds is 9. The molecule has 0 aromatic heterocycles. The zero-order valence-corrected chi connectivity index (χ0v) is 13.1. The fraction of sp³-hybridized carbons (Fsp3) is 0.533. The second-order valence-corrected chi connectivity index (χ2v) is 4.70. The first-order valence-electron chi connectivity index (χ1n) is 6.85. The Balaban J connectivity index is 2.79. The van der Waals surface area contributed by atoms with Crippen LogP contribution in [0.3, 0.4) is 0 Å². The van der Waals surface area contributed by atoms with Gasteiger partial charge in [-0.3, -0.25) is 4.79 Å². The smallest absolute Gasteiger partial charge is 0.217 e. The predicted octanol–water partition coefficient (Wildman–Crippen LogP) is 1.63. The zero-order valence-electron chi connectivity index (χ0n) is 13.1. The molecule has 0 heterocycles. The molecule has 118 valence electrons. The van der Waals surface area contributed by atoms with Crippen LogP contribution in [0.25, 0.3) is 0 Å². The van der Waals surface area contributed by atoms with Crippen molar-refractivity contribution >= 4 is 5.91 Å². The maximum absolute atomic E-state index is 10.7. The minimum absolute atomic E-state index is 0.0894. The van der Waals surface area contributed by atoms with E-state index < -0.39 is 0 Å². The Labute approximate surface area is 125 Å². The summed E-state index contributed by atoms with van der Waals surface area (Å²) in [7, 11) is 4.75. The Bertz CT molecular complexity index is 452. The first-order chi connectivity index (χ1) is 10.0. The lowest BCUT2D eigenvalue weighted by atomic mass is 10.1. The van der Waals surface area contributed by atoms with Gasteiger partial charge in [0.05, 0.1) is 21.3 Å². The van der Waals surface area contributed by atoms with E-state index in [4.69, 9.17) is 19.9 Å². The normalized spacial score (nSPS) is 11.8. The van der Waals surface area contributed by atoms with Gasteiger partial charge in [-0.05, 0) is 37.6 Å². The molecule has 0 bridgehead atoms. The molecule has 6 nitrogen and oxygen atoms in total. The van der Waals surface area contributed by atoms with Gasteiger partial charge in [-0.15, -0.1) is 0 Å². The van der Waals surface area contributed by atoms with Crippen molar-refractivity contribution in [2.45, 2.75) is 25.8 Å². The van der Waals surface area contributed by atoms with Crippen LogP contribution >= 0.6 is 0 Å². The summed E-state index contributed by atoms with van der Waals surface area (Å²) in [6, 6.07) is 3.91. The van der Waals surface area contributed by atoms with Crippen molar-refractivity contribution in [2.75, 3.05) is 27.9 Å². The fourth-order valence-electron chi connectivity index (χ4n) is 2.05. The van der Waals surface area contributed by atoms with E-state index in [1.807, 2.05) is 19.1 Å². The number of carbonyl (C=O) groups is 1. The highest BCUT2D eigenvalue weighted by Gasteiger charge is 2.16. The van der Waals surface area contributed by atoms with Crippen molar-refractivity contribution in [2.24, 2.45) is 5.73 Å². The SMILES string of the molecule is COc1cc(C(C)NCCCC(N)=O)cc(OC)c1OC. The van der Waals surface area contributed by atoms with E-state index in [1.165, 1.54) is 0 Å². The molecule has 0 aliphatic carbocycles. The second-order valence-electron chi connectivity index (χ2n) is 4.70. The number of carbonyl (C=O) groups excluding carboxylic acids is 1. The average Bonchev–Trinajstić information content (AvgIpc) is 2.49.